The highest BCUT2D eigenvalue weighted by Crippen LogP contribution is 2.28. The summed E-state index contributed by atoms with van der Waals surface area (Å²) in [5.74, 6) is 1.39. The molecule has 1 N–H and O–H groups in total. The quantitative estimate of drug-likeness (QED) is 0.272. The second-order valence-electron chi connectivity index (χ2n) is 11.9. The first-order chi connectivity index (χ1) is 19.7. The van der Waals surface area contributed by atoms with Crippen LogP contribution in [0.15, 0.2) is 47.8 Å². The molecule has 0 aliphatic carbocycles. The van der Waals surface area contributed by atoms with Crippen molar-refractivity contribution in [3.63, 3.8) is 0 Å². The summed E-state index contributed by atoms with van der Waals surface area (Å²) in [7, 11) is 3.32. The minimum atomic E-state index is -0.0841. The lowest BCUT2D eigenvalue weighted by molar-refractivity contribution is 0.0942. The largest absolute Gasteiger partial charge is 0.493 e. The standard InChI is InChI=1S/C33H46N4O3S/c1-33(2,3)27-12-9-26(10-13-27)22-37(19-15-25-11-14-29(39-4)30(21-25)40-5)23-31-35-28(24-41-31)32(38)34-16-20-36-17-7-6-8-18-36/h9-14,21,24H,6-8,15-20,22-23H2,1-5H3,(H,34,38). The number of hydrogen-bond donors (Lipinski definition) is 1. The Morgan fingerprint density at radius 2 is 1.68 bits per heavy atom. The number of aromatic nitrogens is 1. The normalized spacial score (nSPS) is 14.3. The van der Waals surface area contributed by atoms with Gasteiger partial charge in [-0.25, -0.2) is 4.98 Å². The molecule has 1 amide bonds. The van der Waals surface area contributed by atoms with Crippen molar-refractivity contribution in [1.29, 1.82) is 0 Å². The fourth-order valence-electron chi connectivity index (χ4n) is 5.19. The molecule has 1 saturated heterocycles. The van der Waals surface area contributed by atoms with Crippen LogP contribution in [-0.4, -0.2) is 67.6 Å². The van der Waals surface area contributed by atoms with E-state index in [4.69, 9.17) is 14.5 Å². The highest BCUT2D eigenvalue weighted by atomic mass is 32.1. The number of hydrogen-bond acceptors (Lipinski definition) is 7. The van der Waals surface area contributed by atoms with Crippen molar-refractivity contribution < 1.29 is 14.3 Å². The molecule has 222 valence electrons. The lowest BCUT2D eigenvalue weighted by Crippen LogP contribution is -2.37. The maximum Gasteiger partial charge on any atom is 0.270 e. The highest BCUT2D eigenvalue weighted by molar-refractivity contribution is 7.09. The molecular formula is C33H46N4O3S. The second kappa shape index (κ2) is 14.8. The predicted molar refractivity (Wildman–Crippen MR) is 167 cm³/mol. The molecule has 8 heteroatoms. The number of piperidine rings is 1. The summed E-state index contributed by atoms with van der Waals surface area (Å²) in [6, 6.07) is 15.0. The Morgan fingerprint density at radius 1 is 0.976 bits per heavy atom. The molecule has 0 saturated carbocycles. The Balaban J connectivity index is 1.40. The van der Waals surface area contributed by atoms with Gasteiger partial charge in [0.05, 0.1) is 20.8 Å². The van der Waals surface area contributed by atoms with E-state index in [0.717, 1.165) is 55.7 Å². The van der Waals surface area contributed by atoms with Crippen molar-refractivity contribution in [2.75, 3.05) is 46.9 Å². The van der Waals surface area contributed by atoms with Crippen LogP contribution in [0, 0.1) is 0 Å². The molecule has 1 fully saturated rings. The number of ether oxygens (including phenoxy) is 2. The third-order valence-electron chi connectivity index (χ3n) is 7.70. The number of benzene rings is 2. The summed E-state index contributed by atoms with van der Waals surface area (Å²) in [6.07, 6.45) is 4.69. The Morgan fingerprint density at radius 3 is 2.37 bits per heavy atom. The maximum atomic E-state index is 12.8. The van der Waals surface area contributed by atoms with E-state index < -0.39 is 0 Å². The lowest BCUT2D eigenvalue weighted by atomic mass is 9.87. The minimum absolute atomic E-state index is 0.0841. The Hall–Kier alpha value is -2.94. The summed E-state index contributed by atoms with van der Waals surface area (Å²) in [5, 5.41) is 5.90. The van der Waals surface area contributed by atoms with Crippen molar-refractivity contribution in [3.8, 4) is 11.5 Å². The SMILES string of the molecule is COc1ccc(CCN(Cc2ccc(C(C)(C)C)cc2)Cc2nc(C(=O)NCCN3CCCCC3)cs2)cc1OC. The zero-order chi connectivity index (χ0) is 29.2. The molecule has 0 unspecified atom stereocenters. The summed E-state index contributed by atoms with van der Waals surface area (Å²) < 4.78 is 10.9. The molecule has 4 rings (SSSR count). The molecule has 0 atom stereocenters. The molecule has 0 bridgehead atoms. The number of likely N-dealkylation sites (tertiary alicyclic amines) is 1. The Bertz CT molecular complexity index is 1250. The number of nitrogens with zero attached hydrogens (tertiary/aromatic N) is 3. The molecule has 1 aliphatic rings. The number of carbonyl (C=O) groups excluding carboxylic acids is 1. The van der Waals surface area contributed by atoms with Crippen LogP contribution >= 0.6 is 11.3 Å². The number of thiazole rings is 1. The summed E-state index contributed by atoms with van der Waals surface area (Å²) in [4.78, 5) is 22.3. The molecule has 2 aromatic carbocycles. The lowest BCUT2D eigenvalue weighted by Gasteiger charge is -2.26. The van der Waals surface area contributed by atoms with Crippen molar-refractivity contribution in [1.82, 2.24) is 20.1 Å². The zero-order valence-corrected chi connectivity index (χ0v) is 26.2. The van der Waals surface area contributed by atoms with Gasteiger partial charge in [0.1, 0.15) is 10.7 Å². The molecule has 1 aliphatic heterocycles. The number of carbonyl (C=O) groups is 1. The first kappa shape index (κ1) is 31.0. The first-order valence-electron chi connectivity index (χ1n) is 14.7. The molecule has 3 aromatic rings. The minimum Gasteiger partial charge on any atom is -0.493 e. The molecule has 2 heterocycles. The van der Waals surface area contributed by atoms with Gasteiger partial charge in [-0.2, -0.15) is 0 Å². The van der Waals surface area contributed by atoms with E-state index in [1.807, 2.05) is 17.5 Å². The van der Waals surface area contributed by atoms with Gasteiger partial charge >= 0.3 is 0 Å². The van der Waals surface area contributed by atoms with Crippen molar-refractivity contribution in [2.24, 2.45) is 0 Å². The van der Waals surface area contributed by atoms with Crippen LogP contribution in [0.4, 0.5) is 0 Å². The molecule has 0 spiro atoms. The van der Waals surface area contributed by atoms with Crippen LogP contribution in [0.1, 0.15) is 72.2 Å². The van der Waals surface area contributed by atoms with Gasteiger partial charge in [0.15, 0.2) is 11.5 Å². The maximum absolute atomic E-state index is 12.8. The number of methoxy groups -OCH3 is 2. The number of amides is 1. The smallest absolute Gasteiger partial charge is 0.270 e. The van der Waals surface area contributed by atoms with E-state index in [-0.39, 0.29) is 11.3 Å². The average molecular weight is 579 g/mol. The van der Waals surface area contributed by atoms with E-state index in [1.54, 1.807) is 25.6 Å². The van der Waals surface area contributed by atoms with Gasteiger partial charge in [0.25, 0.3) is 5.91 Å². The number of rotatable bonds is 13. The molecular weight excluding hydrogens is 532 g/mol. The van der Waals surface area contributed by atoms with E-state index in [1.165, 1.54) is 36.0 Å². The van der Waals surface area contributed by atoms with Crippen LogP contribution in [0.3, 0.4) is 0 Å². The topological polar surface area (TPSA) is 66.9 Å². The van der Waals surface area contributed by atoms with Crippen molar-refractivity contribution in [2.45, 2.75) is 65.0 Å². The first-order valence-corrected chi connectivity index (χ1v) is 15.6. The third-order valence-corrected chi connectivity index (χ3v) is 8.53. The van der Waals surface area contributed by atoms with Crippen LogP contribution in [0.2, 0.25) is 0 Å². The summed E-state index contributed by atoms with van der Waals surface area (Å²) >= 11 is 1.56. The van der Waals surface area contributed by atoms with E-state index in [2.05, 4.69) is 66.2 Å². The average Bonchev–Trinajstić information content (AvgIpc) is 3.44. The molecule has 41 heavy (non-hydrogen) atoms. The summed E-state index contributed by atoms with van der Waals surface area (Å²) in [6.45, 7) is 12.9. The van der Waals surface area contributed by atoms with Crippen molar-refractivity contribution in [3.05, 3.63) is 75.2 Å². The van der Waals surface area contributed by atoms with Gasteiger partial charge < -0.3 is 19.7 Å². The van der Waals surface area contributed by atoms with Gasteiger partial charge in [-0.05, 0) is 66.6 Å². The van der Waals surface area contributed by atoms with E-state index >= 15 is 0 Å². The fourth-order valence-corrected chi connectivity index (χ4v) is 6.00. The Kier molecular flexibility index (Phi) is 11.2. The zero-order valence-electron chi connectivity index (χ0n) is 25.4. The van der Waals surface area contributed by atoms with Crippen LogP contribution in [-0.2, 0) is 24.9 Å². The summed E-state index contributed by atoms with van der Waals surface area (Å²) in [5.41, 5.74) is 4.41. The number of nitrogens with one attached hydrogen (secondary N) is 1. The van der Waals surface area contributed by atoms with Gasteiger partial charge in [0.2, 0.25) is 0 Å². The van der Waals surface area contributed by atoms with E-state index in [9.17, 15) is 4.79 Å². The fraction of sp³-hybridized carbons (Fsp3) is 0.515. The van der Waals surface area contributed by atoms with Gasteiger partial charge in [0, 0.05) is 31.6 Å². The molecule has 0 radical (unpaired) electrons. The van der Waals surface area contributed by atoms with Crippen LogP contribution in [0.25, 0.3) is 0 Å². The van der Waals surface area contributed by atoms with Gasteiger partial charge in [-0.15, -0.1) is 11.3 Å². The second-order valence-corrected chi connectivity index (χ2v) is 12.8. The third kappa shape index (κ3) is 9.28. The Labute approximate surface area is 249 Å². The van der Waals surface area contributed by atoms with Gasteiger partial charge in [-0.3, -0.25) is 9.69 Å². The van der Waals surface area contributed by atoms with Gasteiger partial charge in [-0.1, -0.05) is 57.5 Å². The molecule has 1 aromatic heterocycles. The van der Waals surface area contributed by atoms with Crippen LogP contribution in [0.5, 0.6) is 11.5 Å². The predicted octanol–water partition coefficient (Wildman–Crippen LogP) is 5.92. The monoisotopic (exact) mass is 578 g/mol. The van der Waals surface area contributed by atoms with Crippen molar-refractivity contribution >= 4 is 17.2 Å². The van der Waals surface area contributed by atoms with E-state index in [0.29, 0.717) is 18.8 Å². The molecule has 7 nitrogen and oxygen atoms in total. The van der Waals surface area contributed by atoms with Crippen LogP contribution < -0.4 is 14.8 Å². The highest BCUT2D eigenvalue weighted by Gasteiger charge is 2.17.